The molecule has 3 heteroatoms. The number of cyclic esters (lactones) is 1. The number of carbonyl (C=O) groups excluding carboxylic acids is 1. The molecule has 0 aromatic heterocycles. The van der Waals surface area contributed by atoms with E-state index in [0.29, 0.717) is 12.8 Å². The van der Waals surface area contributed by atoms with Crippen LogP contribution in [0.25, 0.3) is 0 Å². The van der Waals surface area contributed by atoms with Crippen molar-refractivity contribution >= 4 is 5.97 Å². The van der Waals surface area contributed by atoms with Crippen LogP contribution in [-0.4, -0.2) is 12.6 Å². The molecule has 0 aliphatic carbocycles. The standard InChI is InChI=1S/C11H11FO2/c12-8-11(7-6-10(13)14-11)9-4-2-1-3-5-9/h1-5H,6-8H2. The summed E-state index contributed by atoms with van der Waals surface area (Å²) >= 11 is 0. The fraction of sp³-hybridized carbons (Fsp3) is 0.364. The molecule has 1 aromatic carbocycles. The molecular weight excluding hydrogens is 183 g/mol. The van der Waals surface area contributed by atoms with Gasteiger partial charge in [0.05, 0.1) is 0 Å². The topological polar surface area (TPSA) is 26.3 Å². The third-order valence-corrected chi connectivity index (χ3v) is 2.56. The molecule has 1 aromatic rings. The second-order valence-corrected chi connectivity index (χ2v) is 3.47. The van der Waals surface area contributed by atoms with E-state index in [1.807, 2.05) is 18.2 Å². The van der Waals surface area contributed by atoms with Crippen molar-refractivity contribution in [3.8, 4) is 0 Å². The Morgan fingerprint density at radius 3 is 2.57 bits per heavy atom. The summed E-state index contributed by atoms with van der Waals surface area (Å²) in [6.07, 6.45) is 0.741. The lowest BCUT2D eigenvalue weighted by molar-refractivity contribution is -0.150. The molecule has 1 atom stereocenters. The molecule has 1 fully saturated rings. The maximum Gasteiger partial charge on any atom is 0.306 e. The van der Waals surface area contributed by atoms with E-state index in [0.717, 1.165) is 5.56 Å². The Bertz CT molecular complexity index is 336. The van der Waals surface area contributed by atoms with E-state index in [1.54, 1.807) is 12.1 Å². The van der Waals surface area contributed by atoms with Crippen molar-refractivity contribution < 1.29 is 13.9 Å². The van der Waals surface area contributed by atoms with Gasteiger partial charge in [0.25, 0.3) is 0 Å². The van der Waals surface area contributed by atoms with Crippen LogP contribution >= 0.6 is 0 Å². The van der Waals surface area contributed by atoms with Crippen LogP contribution in [0.15, 0.2) is 30.3 Å². The zero-order chi connectivity index (χ0) is 10.0. The van der Waals surface area contributed by atoms with Gasteiger partial charge in [-0.1, -0.05) is 30.3 Å². The summed E-state index contributed by atoms with van der Waals surface area (Å²) in [5, 5.41) is 0. The molecule has 74 valence electrons. The SMILES string of the molecule is O=C1CCC(CF)(c2ccccc2)O1. The van der Waals surface area contributed by atoms with E-state index >= 15 is 0 Å². The van der Waals surface area contributed by atoms with Gasteiger partial charge in [0.1, 0.15) is 6.67 Å². The Labute approximate surface area is 81.7 Å². The molecule has 0 spiro atoms. The van der Waals surface area contributed by atoms with Crippen LogP contribution in [0.4, 0.5) is 4.39 Å². The molecule has 0 saturated carbocycles. The highest BCUT2D eigenvalue weighted by atomic mass is 19.1. The number of alkyl halides is 1. The fourth-order valence-corrected chi connectivity index (χ4v) is 1.74. The molecule has 0 radical (unpaired) electrons. The van der Waals surface area contributed by atoms with E-state index in [9.17, 15) is 9.18 Å². The maximum atomic E-state index is 12.9. The third-order valence-electron chi connectivity index (χ3n) is 2.56. The number of rotatable bonds is 2. The number of carbonyl (C=O) groups is 1. The molecule has 2 nitrogen and oxygen atoms in total. The van der Waals surface area contributed by atoms with Crippen molar-refractivity contribution in [1.82, 2.24) is 0 Å². The summed E-state index contributed by atoms with van der Waals surface area (Å²) in [5.41, 5.74) is -0.272. The highest BCUT2D eigenvalue weighted by molar-refractivity contribution is 5.72. The molecule has 2 rings (SSSR count). The van der Waals surface area contributed by atoms with Crippen LogP contribution in [0.5, 0.6) is 0 Å². The predicted octanol–water partition coefficient (Wildman–Crippen LogP) is 2.19. The van der Waals surface area contributed by atoms with Crippen molar-refractivity contribution in [2.75, 3.05) is 6.67 Å². The minimum absolute atomic E-state index is 0.304. The minimum atomic E-state index is -1.02. The smallest absolute Gasteiger partial charge is 0.306 e. The lowest BCUT2D eigenvalue weighted by atomic mass is 9.92. The molecule has 14 heavy (non-hydrogen) atoms. The first-order valence-corrected chi connectivity index (χ1v) is 4.60. The van der Waals surface area contributed by atoms with Gasteiger partial charge >= 0.3 is 5.97 Å². The van der Waals surface area contributed by atoms with Gasteiger partial charge in [-0.2, -0.15) is 0 Å². The molecular formula is C11H11FO2. The van der Waals surface area contributed by atoms with Gasteiger partial charge in [0, 0.05) is 12.8 Å². The zero-order valence-corrected chi connectivity index (χ0v) is 7.70. The van der Waals surface area contributed by atoms with E-state index in [2.05, 4.69) is 0 Å². The van der Waals surface area contributed by atoms with Crippen LogP contribution in [0.2, 0.25) is 0 Å². The van der Waals surface area contributed by atoms with Crippen molar-refractivity contribution in [3.63, 3.8) is 0 Å². The number of hydrogen-bond acceptors (Lipinski definition) is 2. The molecule has 0 amide bonds. The summed E-state index contributed by atoms with van der Waals surface area (Å²) in [6.45, 7) is -0.650. The van der Waals surface area contributed by atoms with Gasteiger partial charge in [-0.05, 0) is 5.56 Å². The van der Waals surface area contributed by atoms with Crippen LogP contribution in [-0.2, 0) is 15.1 Å². The minimum Gasteiger partial charge on any atom is -0.451 e. The summed E-state index contributed by atoms with van der Waals surface area (Å²) in [5.74, 6) is -0.313. The molecule has 1 unspecified atom stereocenters. The van der Waals surface area contributed by atoms with Crippen LogP contribution in [0.1, 0.15) is 18.4 Å². The Morgan fingerprint density at radius 1 is 1.36 bits per heavy atom. The average molecular weight is 194 g/mol. The number of ether oxygens (including phenoxy) is 1. The first-order chi connectivity index (χ1) is 6.77. The fourth-order valence-electron chi connectivity index (χ4n) is 1.74. The monoisotopic (exact) mass is 194 g/mol. The highest BCUT2D eigenvalue weighted by Gasteiger charge is 2.42. The Balaban J connectivity index is 2.34. The Hall–Kier alpha value is -1.38. The lowest BCUT2D eigenvalue weighted by Crippen LogP contribution is -2.27. The third kappa shape index (κ3) is 1.39. The predicted molar refractivity (Wildman–Crippen MR) is 49.4 cm³/mol. The number of benzene rings is 1. The molecule has 1 heterocycles. The van der Waals surface area contributed by atoms with Crippen molar-refractivity contribution in [2.45, 2.75) is 18.4 Å². The summed E-state index contributed by atoms with van der Waals surface area (Å²) in [6, 6.07) is 9.07. The van der Waals surface area contributed by atoms with E-state index in [4.69, 9.17) is 4.74 Å². The molecule has 1 aliphatic heterocycles. The van der Waals surface area contributed by atoms with Crippen LogP contribution in [0.3, 0.4) is 0 Å². The largest absolute Gasteiger partial charge is 0.451 e. The second kappa shape index (κ2) is 3.40. The number of halogens is 1. The van der Waals surface area contributed by atoms with Crippen LogP contribution < -0.4 is 0 Å². The van der Waals surface area contributed by atoms with Gasteiger partial charge in [-0.3, -0.25) is 4.79 Å². The van der Waals surface area contributed by atoms with Crippen molar-refractivity contribution in [2.24, 2.45) is 0 Å². The highest BCUT2D eigenvalue weighted by Crippen LogP contribution is 2.36. The first-order valence-electron chi connectivity index (χ1n) is 4.60. The zero-order valence-electron chi connectivity index (χ0n) is 7.70. The number of esters is 1. The van der Waals surface area contributed by atoms with E-state index < -0.39 is 12.3 Å². The molecule has 0 N–H and O–H groups in total. The second-order valence-electron chi connectivity index (χ2n) is 3.47. The van der Waals surface area contributed by atoms with Gasteiger partial charge < -0.3 is 4.74 Å². The number of hydrogen-bond donors (Lipinski definition) is 0. The first kappa shape index (κ1) is 9.19. The molecule has 0 bridgehead atoms. The summed E-state index contributed by atoms with van der Waals surface area (Å²) in [7, 11) is 0. The average Bonchev–Trinajstić information content (AvgIpc) is 2.63. The Kier molecular flexibility index (Phi) is 2.23. The molecule has 1 saturated heterocycles. The van der Waals surface area contributed by atoms with Crippen molar-refractivity contribution in [1.29, 1.82) is 0 Å². The van der Waals surface area contributed by atoms with E-state index in [-0.39, 0.29) is 5.97 Å². The van der Waals surface area contributed by atoms with Gasteiger partial charge in [-0.15, -0.1) is 0 Å². The maximum absolute atomic E-state index is 12.9. The molecule has 1 aliphatic rings. The van der Waals surface area contributed by atoms with Gasteiger partial charge in [0.2, 0.25) is 0 Å². The Morgan fingerprint density at radius 2 is 2.07 bits per heavy atom. The summed E-state index contributed by atoms with van der Waals surface area (Å²) in [4.78, 5) is 11.0. The van der Waals surface area contributed by atoms with E-state index in [1.165, 1.54) is 0 Å². The quantitative estimate of drug-likeness (QED) is 0.674. The van der Waals surface area contributed by atoms with Gasteiger partial charge in [-0.25, -0.2) is 4.39 Å². The van der Waals surface area contributed by atoms with Crippen LogP contribution in [0, 0.1) is 0 Å². The normalized spacial score (nSPS) is 26.2. The lowest BCUT2D eigenvalue weighted by Gasteiger charge is -2.24. The van der Waals surface area contributed by atoms with Crippen molar-refractivity contribution in [3.05, 3.63) is 35.9 Å². The van der Waals surface area contributed by atoms with Gasteiger partial charge in [0.15, 0.2) is 5.60 Å². The summed E-state index contributed by atoms with van der Waals surface area (Å²) < 4.78 is 18.0.